The van der Waals surface area contributed by atoms with E-state index in [9.17, 15) is 9.59 Å². The van der Waals surface area contributed by atoms with Crippen molar-refractivity contribution in [3.63, 3.8) is 0 Å². The zero-order valence-electron chi connectivity index (χ0n) is 13.8. The number of nitrogens with zero attached hydrogens (tertiary/aromatic N) is 2. The maximum Gasteiger partial charge on any atom is 0.307 e. The number of rotatable bonds is 5. The van der Waals surface area contributed by atoms with Gasteiger partial charge in [-0.2, -0.15) is 5.10 Å². The molecule has 126 valence electrons. The van der Waals surface area contributed by atoms with Gasteiger partial charge in [0.05, 0.1) is 23.2 Å². The molecule has 2 N–H and O–H groups in total. The normalized spacial score (nSPS) is 19.6. The minimum Gasteiger partial charge on any atom is -0.481 e. The Morgan fingerprint density at radius 1 is 1.25 bits per heavy atom. The number of aliphatic carboxylic acids is 1. The Hall–Kier alpha value is -2.63. The number of aryl methyl sites for hydroxylation is 2. The average Bonchev–Trinajstić information content (AvgIpc) is 2.82. The van der Waals surface area contributed by atoms with Gasteiger partial charge in [-0.3, -0.25) is 9.59 Å². The lowest BCUT2D eigenvalue weighted by atomic mass is 9.73. The molecular formula is C18H21N3O3. The number of carboxylic acids is 1. The summed E-state index contributed by atoms with van der Waals surface area (Å²) in [6, 6.07) is 9.76. The van der Waals surface area contributed by atoms with E-state index in [2.05, 4.69) is 10.4 Å². The standard InChI is InChI=1S/C18H21N3O3/c1-11-9-12(2)21(20-11)16-6-4-3-5-13(16)10-19-17(22)14-7-8-15(14)18(23)24/h3-6,9,14-15H,7-8,10H2,1-2H3,(H,19,22)(H,23,24). The van der Waals surface area contributed by atoms with Gasteiger partial charge in [0.15, 0.2) is 0 Å². The number of hydrogen-bond acceptors (Lipinski definition) is 3. The number of amides is 1. The van der Waals surface area contributed by atoms with Crippen molar-refractivity contribution >= 4 is 11.9 Å². The molecule has 1 aromatic heterocycles. The first kappa shape index (κ1) is 16.2. The van der Waals surface area contributed by atoms with Crippen LogP contribution in [0, 0.1) is 25.7 Å². The SMILES string of the molecule is Cc1cc(C)n(-c2ccccc2CNC(=O)C2CCC2C(=O)O)n1. The van der Waals surface area contributed by atoms with E-state index in [-0.39, 0.29) is 5.91 Å². The Morgan fingerprint density at radius 2 is 1.96 bits per heavy atom. The first-order valence-corrected chi connectivity index (χ1v) is 8.09. The summed E-state index contributed by atoms with van der Waals surface area (Å²) < 4.78 is 1.86. The molecule has 1 aliphatic rings. The fraction of sp³-hybridized carbons (Fsp3) is 0.389. The van der Waals surface area contributed by atoms with Crippen LogP contribution in [-0.4, -0.2) is 26.8 Å². The topological polar surface area (TPSA) is 84.2 Å². The van der Waals surface area contributed by atoms with Crippen LogP contribution in [0.5, 0.6) is 0 Å². The van der Waals surface area contributed by atoms with E-state index >= 15 is 0 Å². The highest BCUT2D eigenvalue weighted by Gasteiger charge is 2.41. The van der Waals surface area contributed by atoms with Crippen LogP contribution < -0.4 is 5.32 Å². The maximum absolute atomic E-state index is 12.2. The largest absolute Gasteiger partial charge is 0.481 e. The molecule has 2 atom stereocenters. The van der Waals surface area contributed by atoms with Crippen molar-refractivity contribution in [3.05, 3.63) is 47.3 Å². The fourth-order valence-corrected chi connectivity index (χ4v) is 3.16. The zero-order chi connectivity index (χ0) is 17.3. The van der Waals surface area contributed by atoms with Gasteiger partial charge in [-0.1, -0.05) is 18.2 Å². The highest BCUT2D eigenvalue weighted by molar-refractivity contribution is 5.86. The molecule has 6 heteroatoms. The van der Waals surface area contributed by atoms with Crippen LogP contribution in [0.25, 0.3) is 5.69 Å². The predicted octanol–water partition coefficient (Wildman–Crippen LogP) is 2.22. The van der Waals surface area contributed by atoms with Crippen molar-refractivity contribution in [2.24, 2.45) is 11.8 Å². The molecule has 0 bridgehead atoms. The molecule has 1 fully saturated rings. The van der Waals surface area contributed by atoms with E-state index in [1.165, 1.54) is 0 Å². The molecule has 1 aromatic carbocycles. The first-order valence-electron chi connectivity index (χ1n) is 8.09. The van der Waals surface area contributed by atoms with Crippen molar-refractivity contribution in [1.29, 1.82) is 0 Å². The van der Waals surface area contributed by atoms with Crippen LogP contribution >= 0.6 is 0 Å². The van der Waals surface area contributed by atoms with E-state index in [1.54, 1.807) is 0 Å². The molecule has 24 heavy (non-hydrogen) atoms. The molecule has 1 heterocycles. The van der Waals surface area contributed by atoms with E-state index < -0.39 is 17.8 Å². The van der Waals surface area contributed by atoms with Crippen LogP contribution in [0.1, 0.15) is 29.8 Å². The number of hydrogen-bond donors (Lipinski definition) is 2. The number of carboxylic acid groups (broad SMARTS) is 1. The van der Waals surface area contributed by atoms with Crippen molar-refractivity contribution < 1.29 is 14.7 Å². The Morgan fingerprint density at radius 3 is 2.54 bits per heavy atom. The third-order valence-electron chi connectivity index (χ3n) is 4.61. The van der Waals surface area contributed by atoms with Crippen LogP contribution in [0.4, 0.5) is 0 Å². The zero-order valence-corrected chi connectivity index (χ0v) is 13.8. The molecule has 0 spiro atoms. The van der Waals surface area contributed by atoms with Crippen molar-refractivity contribution in [2.45, 2.75) is 33.2 Å². The van der Waals surface area contributed by atoms with E-state index in [1.807, 2.05) is 48.9 Å². The summed E-state index contributed by atoms with van der Waals surface area (Å²) in [5.74, 6) is -2.03. The molecule has 3 rings (SSSR count). The molecule has 1 amide bonds. The number of nitrogens with one attached hydrogen (secondary N) is 1. The Bertz CT molecular complexity index is 782. The lowest BCUT2D eigenvalue weighted by Crippen LogP contribution is -2.43. The number of benzene rings is 1. The molecule has 6 nitrogen and oxygen atoms in total. The molecule has 0 aliphatic heterocycles. The van der Waals surface area contributed by atoms with Gasteiger partial charge in [0.25, 0.3) is 0 Å². The van der Waals surface area contributed by atoms with Crippen LogP contribution in [0.15, 0.2) is 30.3 Å². The summed E-state index contributed by atoms with van der Waals surface area (Å²) in [7, 11) is 0. The Balaban J connectivity index is 1.73. The lowest BCUT2D eigenvalue weighted by Gasteiger charge is -2.32. The summed E-state index contributed by atoms with van der Waals surface area (Å²) in [6.07, 6.45) is 1.22. The van der Waals surface area contributed by atoms with Crippen molar-refractivity contribution in [2.75, 3.05) is 0 Å². The van der Waals surface area contributed by atoms with Gasteiger partial charge < -0.3 is 10.4 Å². The first-order chi connectivity index (χ1) is 11.5. The molecule has 1 saturated carbocycles. The number of carbonyl (C=O) groups excluding carboxylic acids is 1. The molecule has 2 unspecified atom stereocenters. The number of aromatic nitrogens is 2. The van der Waals surface area contributed by atoms with Crippen LogP contribution in [-0.2, 0) is 16.1 Å². The van der Waals surface area contributed by atoms with Crippen molar-refractivity contribution in [1.82, 2.24) is 15.1 Å². The second-order valence-corrected chi connectivity index (χ2v) is 6.31. The highest BCUT2D eigenvalue weighted by Crippen LogP contribution is 2.34. The minimum absolute atomic E-state index is 0.183. The number of para-hydroxylation sites is 1. The molecule has 2 aromatic rings. The van der Waals surface area contributed by atoms with Crippen LogP contribution in [0.2, 0.25) is 0 Å². The van der Waals surface area contributed by atoms with Gasteiger partial charge in [-0.25, -0.2) is 4.68 Å². The highest BCUT2D eigenvalue weighted by atomic mass is 16.4. The van der Waals surface area contributed by atoms with Gasteiger partial charge >= 0.3 is 5.97 Å². The van der Waals surface area contributed by atoms with Gasteiger partial charge in [0.1, 0.15) is 0 Å². The maximum atomic E-state index is 12.2. The Kier molecular flexibility index (Phi) is 4.38. The van der Waals surface area contributed by atoms with Crippen molar-refractivity contribution in [3.8, 4) is 5.69 Å². The van der Waals surface area contributed by atoms with Crippen LogP contribution in [0.3, 0.4) is 0 Å². The van der Waals surface area contributed by atoms with E-state index in [0.29, 0.717) is 19.4 Å². The fourth-order valence-electron chi connectivity index (χ4n) is 3.16. The summed E-state index contributed by atoms with van der Waals surface area (Å²) in [6.45, 7) is 4.29. The summed E-state index contributed by atoms with van der Waals surface area (Å²) in [4.78, 5) is 23.3. The molecule has 0 radical (unpaired) electrons. The molecular weight excluding hydrogens is 306 g/mol. The second kappa shape index (κ2) is 6.47. The summed E-state index contributed by atoms with van der Waals surface area (Å²) in [5.41, 5.74) is 3.83. The lowest BCUT2D eigenvalue weighted by molar-refractivity contribution is -0.152. The predicted molar refractivity (Wildman–Crippen MR) is 88.7 cm³/mol. The molecule has 0 saturated heterocycles. The van der Waals surface area contributed by atoms with E-state index in [4.69, 9.17) is 5.11 Å². The second-order valence-electron chi connectivity index (χ2n) is 6.31. The average molecular weight is 327 g/mol. The molecule has 1 aliphatic carbocycles. The van der Waals surface area contributed by atoms with E-state index in [0.717, 1.165) is 22.6 Å². The van der Waals surface area contributed by atoms with Gasteiger partial charge in [0.2, 0.25) is 5.91 Å². The number of carbonyl (C=O) groups is 2. The van der Waals surface area contributed by atoms with Gasteiger partial charge in [0, 0.05) is 12.2 Å². The third kappa shape index (κ3) is 3.04. The quantitative estimate of drug-likeness (QED) is 0.882. The summed E-state index contributed by atoms with van der Waals surface area (Å²) in [5, 5.41) is 16.4. The van der Waals surface area contributed by atoms with Gasteiger partial charge in [-0.15, -0.1) is 0 Å². The van der Waals surface area contributed by atoms with Gasteiger partial charge in [-0.05, 0) is 44.4 Å². The minimum atomic E-state index is -0.885. The Labute approximate surface area is 140 Å². The smallest absolute Gasteiger partial charge is 0.307 e. The monoisotopic (exact) mass is 327 g/mol. The summed E-state index contributed by atoms with van der Waals surface area (Å²) >= 11 is 0. The third-order valence-corrected chi connectivity index (χ3v) is 4.61.